The predicted molar refractivity (Wildman–Crippen MR) is 94.9 cm³/mol. The lowest BCUT2D eigenvalue weighted by Gasteiger charge is -2.29. The van der Waals surface area contributed by atoms with Gasteiger partial charge in [0.25, 0.3) is 11.5 Å². The van der Waals surface area contributed by atoms with Gasteiger partial charge in [0.2, 0.25) is 11.7 Å². The van der Waals surface area contributed by atoms with Crippen LogP contribution in [-0.2, 0) is 9.53 Å². The van der Waals surface area contributed by atoms with Crippen LogP contribution in [0.2, 0.25) is 0 Å². The van der Waals surface area contributed by atoms with Crippen LogP contribution in [0.15, 0.2) is 39.6 Å². The second-order valence-corrected chi connectivity index (χ2v) is 7.19. The molecule has 2 amide bonds. The summed E-state index contributed by atoms with van der Waals surface area (Å²) in [6, 6.07) is 6.96. The van der Waals surface area contributed by atoms with E-state index >= 15 is 0 Å². The van der Waals surface area contributed by atoms with E-state index in [1.54, 1.807) is 21.9 Å². The number of H-pyrrole nitrogens is 1. The maximum absolute atomic E-state index is 13.8. The molecule has 1 N–H and O–H groups in total. The predicted octanol–water partition coefficient (Wildman–Crippen LogP) is 1.03. The number of likely N-dealkylation sites (tertiary alicyclic amines) is 2. The van der Waals surface area contributed by atoms with Crippen LogP contribution in [0.3, 0.4) is 0 Å². The molecule has 0 radical (unpaired) electrons. The molecule has 1 aromatic carbocycles. The van der Waals surface area contributed by atoms with Crippen LogP contribution in [0.4, 0.5) is 4.39 Å². The molecule has 1 aromatic heterocycles. The molecule has 3 atom stereocenters. The van der Waals surface area contributed by atoms with Gasteiger partial charge in [-0.15, -0.1) is 0 Å². The third kappa shape index (κ3) is 3.22. The van der Waals surface area contributed by atoms with Crippen molar-refractivity contribution < 1.29 is 23.2 Å². The molecule has 2 aromatic rings. The molecule has 0 unspecified atom stereocenters. The monoisotopic (exact) mass is 389 g/mol. The Morgan fingerprint density at radius 2 is 2.11 bits per heavy atom. The zero-order valence-electron chi connectivity index (χ0n) is 15.3. The molecule has 0 aliphatic carbocycles. The van der Waals surface area contributed by atoms with Gasteiger partial charge < -0.3 is 19.1 Å². The fourth-order valence-corrected chi connectivity index (χ4v) is 4.34. The SMILES string of the molecule is COCC(=O)N1C[C@H]2CN(C(=O)c3cc(=O)[nH]o3)C[C@H]2[C@@H]1c1cccc(F)c1. The highest BCUT2D eigenvalue weighted by Gasteiger charge is 2.50. The number of aromatic amines is 1. The average Bonchev–Trinajstić information content (AvgIpc) is 3.35. The highest BCUT2D eigenvalue weighted by atomic mass is 19.1. The lowest BCUT2D eigenvalue weighted by molar-refractivity contribution is -0.136. The Kier molecular flexibility index (Phi) is 4.76. The minimum atomic E-state index is -0.475. The Bertz CT molecular complexity index is 955. The van der Waals surface area contributed by atoms with E-state index in [4.69, 9.17) is 9.26 Å². The first-order valence-electron chi connectivity index (χ1n) is 8.99. The van der Waals surface area contributed by atoms with Gasteiger partial charge >= 0.3 is 0 Å². The van der Waals surface area contributed by atoms with Crippen LogP contribution >= 0.6 is 0 Å². The summed E-state index contributed by atoms with van der Waals surface area (Å²) in [5.74, 6) is -0.957. The highest BCUT2D eigenvalue weighted by Crippen LogP contribution is 2.45. The van der Waals surface area contributed by atoms with E-state index in [9.17, 15) is 18.8 Å². The van der Waals surface area contributed by atoms with Gasteiger partial charge in [-0.1, -0.05) is 12.1 Å². The van der Waals surface area contributed by atoms with Gasteiger partial charge in [-0.3, -0.25) is 14.4 Å². The number of methoxy groups -OCH3 is 1. The van der Waals surface area contributed by atoms with E-state index in [1.807, 2.05) is 0 Å². The van der Waals surface area contributed by atoms with Gasteiger partial charge in [0.05, 0.1) is 12.1 Å². The third-order valence-corrected chi connectivity index (χ3v) is 5.46. The second-order valence-electron chi connectivity index (χ2n) is 7.19. The Hall–Kier alpha value is -2.94. The Morgan fingerprint density at radius 3 is 2.79 bits per heavy atom. The van der Waals surface area contributed by atoms with Crippen LogP contribution < -0.4 is 5.56 Å². The summed E-state index contributed by atoms with van der Waals surface area (Å²) in [7, 11) is 1.46. The number of aromatic nitrogens is 1. The molecule has 148 valence electrons. The van der Waals surface area contributed by atoms with Crippen molar-refractivity contribution in [2.75, 3.05) is 33.4 Å². The number of fused-ring (bicyclic) bond motifs is 1. The van der Waals surface area contributed by atoms with Crippen LogP contribution in [0.1, 0.15) is 22.2 Å². The zero-order valence-corrected chi connectivity index (χ0v) is 15.3. The van der Waals surface area contributed by atoms with Crippen LogP contribution in [0.25, 0.3) is 0 Å². The van der Waals surface area contributed by atoms with E-state index in [0.717, 1.165) is 6.07 Å². The summed E-state index contributed by atoms with van der Waals surface area (Å²) in [4.78, 5) is 39.8. The van der Waals surface area contributed by atoms with Crippen molar-refractivity contribution in [2.24, 2.45) is 11.8 Å². The van der Waals surface area contributed by atoms with E-state index in [-0.39, 0.29) is 47.9 Å². The fraction of sp³-hybridized carbons (Fsp3) is 0.421. The molecule has 9 heteroatoms. The number of hydrogen-bond donors (Lipinski definition) is 1. The third-order valence-electron chi connectivity index (χ3n) is 5.46. The summed E-state index contributed by atoms with van der Waals surface area (Å²) in [6.07, 6.45) is 0. The summed E-state index contributed by atoms with van der Waals surface area (Å²) in [5, 5.41) is 2.11. The number of nitrogens with one attached hydrogen (secondary N) is 1. The Balaban J connectivity index is 1.61. The van der Waals surface area contributed by atoms with Gasteiger partial charge in [-0.05, 0) is 17.7 Å². The molecule has 0 bridgehead atoms. The number of benzene rings is 1. The van der Waals surface area contributed by atoms with Gasteiger partial charge in [-0.25, -0.2) is 4.39 Å². The van der Waals surface area contributed by atoms with Crippen molar-refractivity contribution in [3.05, 3.63) is 57.8 Å². The van der Waals surface area contributed by atoms with Crippen LogP contribution in [0, 0.1) is 17.7 Å². The number of halogens is 1. The van der Waals surface area contributed by atoms with E-state index in [1.165, 1.54) is 19.2 Å². The molecule has 2 fully saturated rings. The number of amides is 2. The number of carbonyl (C=O) groups is 2. The standard InChI is InChI=1S/C19H20FN3O5/c1-27-10-17(25)23-8-12-7-22(19(26)15-6-16(24)21-28-15)9-14(12)18(23)11-3-2-4-13(20)5-11/h2-6,12,14,18H,7-10H2,1H3,(H,21,24)/t12-,14-,18+/m1/s1. The maximum atomic E-state index is 13.8. The van der Waals surface area contributed by atoms with Crippen LogP contribution in [-0.4, -0.2) is 60.1 Å². The minimum absolute atomic E-state index is 0.0420. The van der Waals surface area contributed by atoms with Crippen molar-refractivity contribution in [3.63, 3.8) is 0 Å². The summed E-state index contributed by atoms with van der Waals surface area (Å²) >= 11 is 0. The summed E-state index contributed by atoms with van der Waals surface area (Å²) in [6.45, 7) is 1.22. The zero-order chi connectivity index (χ0) is 19.8. The quantitative estimate of drug-likeness (QED) is 0.843. The molecule has 8 nitrogen and oxygen atoms in total. The number of hydrogen-bond acceptors (Lipinski definition) is 5. The van der Waals surface area contributed by atoms with Gasteiger partial charge in [0, 0.05) is 38.6 Å². The van der Waals surface area contributed by atoms with Crippen molar-refractivity contribution >= 4 is 11.8 Å². The smallest absolute Gasteiger partial charge is 0.292 e. The highest BCUT2D eigenvalue weighted by molar-refractivity contribution is 5.91. The lowest BCUT2D eigenvalue weighted by atomic mass is 9.89. The van der Waals surface area contributed by atoms with E-state index < -0.39 is 5.56 Å². The van der Waals surface area contributed by atoms with Gasteiger partial charge in [0.1, 0.15) is 12.4 Å². The normalized spacial score (nSPS) is 23.9. The molecule has 0 spiro atoms. The fourth-order valence-electron chi connectivity index (χ4n) is 4.34. The molecule has 2 saturated heterocycles. The number of nitrogens with zero attached hydrogens (tertiary/aromatic N) is 2. The van der Waals surface area contributed by atoms with Crippen molar-refractivity contribution in [2.45, 2.75) is 6.04 Å². The van der Waals surface area contributed by atoms with Crippen LogP contribution in [0.5, 0.6) is 0 Å². The average molecular weight is 389 g/mol. The topological polar surface area (TPSA) is 95.9 Å². The van der Waals surface area contributed by atoms with Crippen molar-refractivity contribution in [1.29, 1.82) is 0 Å². The minimum Gasteiger partial charge on any atom is -0.375 e. The number of ether oxygens (including phenoxy) is 1. The summed E-state index contributed by atoms with van der Waals surface area (Å²) in [5.41, 5.74) is 0.219. The maximum Gasteiger partial charge on any atom is 0.292 e. The molecular formula is C19H20FN3O5. The molecule has 0 saturated carbocycles. The molecule has 3 heterocycles. The molecule has 4 rings (SSSR count). The largest absolute Gasteiger partial charge is 0.375 e. The summed E-state index contributed by atoms with van der Waals surface area (Å²) < 4.78 is 23.7. The first-order valence-corrected chi connectivity index (χ1v) is 8.99. The van der Waals surface area contributed by atoms with E-state index in [0.29, 0.717) is 25.2 Å². The van der Waals surface area contributed by atoms with Gasteiger partial charge in [-0.2, -0.15) is 5.16 Å². The molecule has 2 aliphatic heterocycles. The van der Waals surface area contributed by atoms with E-state index in [2.05, 4.69) is 5.16 Å². The van der Waals surface area contributed by atoms with Crippen molar-refractivity contribution in [1.82, 2.24) is 15.0 Å². The van der Waals surface area contributed by atoms with Crippen molar-refractivity contribution in [3.8, 4) is 0 Å². The number of carbonyl (C=O) groups excluding carboxylic acids is 2. The molecule has 28 heavy (non-hydrogen) atoms. The molecular weight excluding hydrogens is 369 g/mol. The second kappa shape index (κ2) is 7.23. The number of rotatable bonds is 4. The Morgan fingerprint density at radius 1 is 1.29 bits per heavy atom. The first-order chi connectivity index (χ1) is 13.5. The van der Waals surface area contributed by atoms with Gasteiger partial charge in [0.15, 0.2) is 0 Å². The first kappa shape index (κ1) is 18.4. The lowest BCUT2D eigenvalue weighted by Crippen LogP contribution is -2.38. The molecule has 2 aliphatic rings. The Labute approximate surface area is 159 Å².